The minimum absolute atomic E-state index is 0.728. The molecule has 0 atom stereocenters. The summed E-state index contributed by atoms with van der Waals surface area (Å²) in [6.07, 6.45) is 5.52. The molecule has 0 aliphatic rings. The lowest BCUT2D eigenvalue weighted by Gasteiger charge is -2.17. The molecule has 1 N–H and O–H groups in total. The second-order valence-corrected chi connectivity index (χ2v) is 16.9. The normalized spacial score (nSPS) is 11.5. The molecule has 6 heterocycles. The molecule has 0 amide bonds. The Kier molecular flexibility index (Phi) is 9.61. The van der Waals surface area contributed by atoms with Crippen molar-refractivity contribution < 1.29 is 4.57 Å². The van der Waals surface area contributed by atoms with Crippen molar-refractivity contribution in [3.05, 3.63) is 237 Å². The molecule has 324 valence electrons. The molecule has 0 aliphatic heterocycles. The van der Waals surface area contributed by atoms with E-state index in [0.717, 1.165) is 118 Å². The second kappa shape index (κ2) is 16.7. The molecule has 0 spiro atoms. The Hall–Kier alpha value is -9.60. The van der Waals surface area contributed by atoms with E-state index in [2.05, 4.69) is 189 Å². The van der Waals surface area contributed by atoms with Gasteiger partial charge in [-0.25, -0.2) is 19.9 Å². The number of hydrogen-bond donors (Lipinski definition) is 1. The van der Waals surface area contributed by atoms with Crippen LogP contribution >= 0.6 is 0 Å². The second-order valence-electron chi connectivity index (χ2n) is 16.9. The molecule has 69 heavy (non-hydrogen) atoms. The highest BCUT2D eigenvalue weighted by molar-refractivity contribution is 5.89. The minimum atomic E-state index is 0.728. The number of hydrogen-bond acceptors (Lipinski definition) is 5. The van der Waals surface area contributed by atoms with Gasteiger partial charge in [-0.2, -0.15) is 4.57 Å². The Morgan fingerprint density at radius 2 is 0.797 bits per heavy atom. The van der Waals surface area contributed by atoms with Gasteiger partial charge in [-0.3, -0.25) is 14.1 Å². The van der Waals surface area contributed by atoms with E-state index in [1.165, 1.54) is 0 Å². The van der Waals surface area contributed by atoms with Gasteiger partial charge in [0.1, 0.15) is 34.6 Å². The lowest BCUT2D eigenvalue weighted by atomic mass is 10.0. The molecular formula is C60H40N9+. The van der Waals surface area contributed by atoms with Crippen LogP contribution in [0.4, 0.5) is 0 Å². The molecule has 0 saturated carbocycles. The van der Waals surface area contributed by atoms with Gasteiger partial charge in [0.15, 0.2) is 16.8 Å². The first-order chi connectivity index (χ1) is 34.2. The fourth-order valence-electron chi connectivity index (χ4n) is 9.68. The third kappa shape index (κ3) is 6.87. The van der Waals surface area contributed by atoms with Crippen molar-refractivity contribution in [1.82, 2.24) is 39.0 Å². The van der Waals surface area contributed by atoms with E-state index in [-0.39, 0.29) is 0 Å². The van der Waals surface area contributed by atoms with Crippen molar-refractivity contribution in [3.63, 3.8) is 0 Å². The van der Waals surface area contributed by atoms with Gasteiger partial charge in [0.2, 0.25) is 5.82 Å². The summed E-state index contributed by atoms with van der Waals surface area (Å²) in [7, 11) is 0. The molecule has 13 aromatic rings. The van der Waals surface area contributed by atoms with Crippen LogP contribution < -0.4 is 4.57 Å². The maximum Gasteiger partial charge on any atom is 0.307 e. The summed E-state index contributed by atoms with van der Waals surface area (Å²) in [4.78, 5) is 29.8. The molecule has 0 radical (unpaired) electrons. The summed E-state index contributed by atoms with van der Waals surface area (Å²) in [5, 5.41) is 0. The highest BCUT2D eigenvalue weighted by Crippen LogP contribution is 2.40. The average molecular weight is 887 g/mol. The van der Waals surface area contributed by atoms with Crippen LogP contribution in [0.15, 0.2) is 237 Å². The molecule has 9 heteroatoms. The topological polar surface area (TPSA) is 94.0 Å². The number of fused-ring (bicyclic) bond motifs is 3. The summed E-state index contributed by atoms with van der Waals surface area (Å²) < 4.78 is 6.63. The third-order valence-corrected chi connectivity index (χ3v) is 12.7. The van der Waals surface area contributed by atoms with E-state index < -0.39 is 0 Å². The predicted octanol–water partition coefficient (Wildman–Crippen LogP) is 13.3. The number of aromatic amines is 1. The fraction of sp³-hybridized carbons (Fsp3) is 0. The smallest absolute Gasteiger partial charge is 0.276 e. The van der Waals surface area contributed by atoms with E-state index in [1.807, 2.05) is 67.1 Å². The summed E-state index contributed by atoms with van der Waals surface area (Å²) in [5.74, 6) is 2.29. The van der Waals surface area contributed by atoms with Gasteiger partial charge in [-0.15, -0.1) is 4.98 Å². The fourth-order valence-corrected chi connectivity index (χ4v) is 9.68. The SMILES string of the molecule is c1ccc(-c2ccccc2-n2c(-c3cc(-c4nc5cccnc5n4-c4ccccc4-c4ccccc4)cc(-c4[nH]c5cccnc5[n+]4-c4ccccc4-c4ccccc4)c3)nc3cccnc32)cc1. The number of para-hydroxylation sites is 3. The third-order valence-electron chi connectivity index (χ3n) is 12.7. The number of nitrogens with zero attached hydrogens (tertiary/aromatic N) is 8. The van der Waals surface area contributed by atoms with Crippen molar-refractivity contribution >= 4 is 33.5 Å². The van der Waals surface area contributed by atoms with Gasteiger partial charge in [0.25, 0.3) is 0 Å². The van der Waals surface area contributed by atoms with Gasteiger partial charge in [0, 0.05) is 45.8 Å². The molecule has 9 nitrogen and oxygen atoms in total. The van der Waals surface area contributed by atoms with Gasteiger partial charge in [-0.1, -0.05) is 146 Å². The molecule has 7 aromatic carbocycles. The Morgan fingerprint density at radius 3 is 1.35 bits per heavy atom. The molecule has 6 aromatic heterocycles. The van der Waals surface area contributed by atoms with E-state index in [1.54, 1.807) is 0 Å². The van der Waals surface area contributed by atoms with Crippen molar-refractivity contribution in [3.8, 4) is 84.6 Å². The Morgan fingerprint density at radius 1 is 0.362 bits per heavy atom. The van der Waals surface area contributed by atoms with Crippen LogP contribution in [-0.2, 0) is 0 Å². The number of imidazole rings is 3. The Balaban J connectivity index is 1.14. The van der Waals surface area contributed by atoms with Crippen LogP contribution in [0.3, 0.4) is 0 Å². The number of rotatable bonds is 9. The van der Waals surface area contributed by atoms with Crippen LogP contribution in [0.1, 0.15) is 0 Å². The van der Waals surface area contributed by atoms with E-state index in [4.69, 9.17) is 24.9 Å². The summed E-state index contributed by atoms with van der Waals surface area (Å²) in [6.45, 7) is 0. The largest absolute Gasteiger partial charge is 0.307 e. The first kappa shape index (κ1) is 39.7. The van der Waals surface area contributed by atoms with Crippen molar-refractivity contribution in [2.45, 2.75) is 0 Å². The molecule has 0 fully saturated rings. The van der Waals surface area contributed by atoms with Gasteiger partial charge in [0.05, 0.1) is 11.4 Å². The lowest BCUT2D eigenvalue weighted by Crippen LogP contribution is -2.33. The highest BCUT2D eigenvalue weighted by atomic mass is 15.2. The van der Waals surface area contributed by atoms with Crippen LogP contribution in [0.5, 0.6) is 0 Å². The maximum atomic E-state index is 5.45. The van der Waals surface area contributed by atoms with Crippen molar-refractivity contribution in [2.75, 3.05) is 0 Å². The number of pyridine rings is 3. The summed E-state index contributed by atoms with van der Waals surface area (Å²) in [5.41, 5.74) is 16.7. The Bertz CT molecular complexity index is 3590. The molecule has 0 saturated heterocycles. The average Bonchev–Trinajstić information content (AvgIpc) is 4.14. The first-order valence-electron chi connectivity index (χ1n) is 22.9. The monoisotopic (exact) mass is 886 g/mol. The van der Waals surface area contributed by atoms with Gasteiger partial charge >= 0.3 is 5.65 Å². The first-order valence-corrected chi connectivity index (χ1v) is 22.9. The van der Waals surface area contributed by atoms with Crippen LogP contribution in [0, 0.1) is 0 Å². The summed E-state index contributed by atoms with van der Waals surface area (Å²) >= 11 is 0. The predicted molar refractivity (Wildman–Crippen MR) is 275 cm³/mol. The molecule has 13 rings (SSSR count). The molecule has 0 bridgehead atoms. The summed E-state index contributed by atoms with van der Waals surface area (Å²) in [6, 6.07) is 75.6. The van der Waals surface area contributed by atoms with Gasteiger partial charge in [-0.05, 0) is 89.5 Å². The van der Waals surface area contributed by atoms with Gasteiger partial charge < -0.3 is 0 Å². The standard InChI is InChI=1S/C60H39N9/c1-4-19-40(20-5-1)46-25-10-13-31-52(46)67-55(64-49-28-16-34-61-58(49)67)43-37-44(56-65-50-29-17-35-62-59(50)68(56)53-32-14-11-26-47(53)41-21-6-2-7-22-41)39-45(38-43)57-66-51-30-18-36-63-60(51)69(57)54-33-15-12-27-48(54)42-23-8-3-9-24-42/h1-39H/p+1. The lowest BCUT2D eigenvalue weighted by molar-refractivity contribution is -0.556. The van der Waals surface area contributed by atoms with Crippen LogP contribution in [-0.4, -0.2) is 39.0 Å². The zero-order valence-electron chi connectivity index (χ0n) is 37.1. The zero-order chi connectivity index (χ0) is 45.7. The van der Waals surface area contributed by atoms with Crippen molar-refractivity contribution in [1.29, 1.82) is 0 Å². The minimum Gasteiger partial charge on any atom is -0.276 e. The molecule has 0 unspecified atom stereocenters. The number of benzene rings is 7. The zero-order valence-corrected chi connectivity index (χ0v) is 37.1. The van der Waals surface area contributed by atoms with E-state index in [0.29, 0.717) is 0 Å². The van der Waals surface area contributed by atoms with Crippen LogP contribution in [0.2, 0.25) is 0 Å². The van der Waals surface area contributed by atoms with E-state index in [9.17, 15) is 0 Å². The quantitative estimate of drug-likeness (QED) is 0.146. The Labute approximate surface area is 397 Å². The maximum absolute atomic E-state index is 5.45. The molecule has 0 aliphatic carbocycles. The highest BCUT2D eigenvalue weighted by Gasteiger charge is 2.28. The number of aromatic nitrogens is 9. The molecular weight excluding hydrogens is 847 g/mol. The number of H-pyrrole nitrogens is 1. The number of nitrogens with one attached hydrogen (secondary N) is 1. The van der Waals surface area contributed by atoms with Crippen LogP contribution in [0.25, 0.3) is 118 Å². The van der Waals surface area contributed by atoms with E-state index >= 15 is 0 Å². The van der Waals surface area contributed by atoms with Crippen molar-refractivity contribution in [2.24, 2.45) is 0 Å².